The molecule has 0 amide bonds. The zero-order valence-corrected chi connectivity index (χ0v) is 7.55. The minimum absolute atomic E-state index is 0.0293. The second-order valence-corrected chi connectivity index (χ2v) is 2.93. The summed E-state index contributed by atoms with van der Waals surface area (Å²) in [5.41, 5.74) is 6.41. The summed E-state index contributed by atoms with van der Waals surface area (Å²) in [4.78, 5) is 14.4. The first kappa shape index (κ1) is 10.6. The molecule has 5 nitrogen and oxygen atoms in total. The summed E-state index contributed by atoms with van der Waals surface area (Å²) in [5.74, 6) is -1.03. The Hall–Kier alpha value is -1.46. The number of aromatic nitrogens is 1. The molecule has 0 saturated heterocycles. The summed E-state index contributed by atoms with van der Waals surface area (Å²) in [6.07, 6.45) is 3.16. The van der Waals surface area contributed by atoms with Crippen LogP contribution in [0.1, 0.15) is 28.4 Å². The quantitative estimate of drug-likeness (QED) is 0.637. The van der Waals surface area contributed by atoms with Crippen molar-refractivity contribution >= 4 is 5.97 Å². The summed E-state index contributed by atoms with van der Waals surface area (Å²) in [6.45, 7) is -0.0293. The van der Waals surface area contributed by atoms with Crippen LogP contribution in [0, 0.1) is 0 Å². The van der Waals surface area contributed by atoms with Crippen LogP contribution in [0.15, 0.2) is 18.5 Å². The Bertz CT molecular complexity index is 328. The van der Waals surface area contributed by atoms with E-state index in [0.29, 0.717) is 12.0 Å². The largest absolute Gasteiger partial charge is 0.478 e. The highest BCUT2D eigenvalue weighted by atomic mass is 16.4. The van der Waals surface area contributed by atoms with E-state index in [0.717, 1.165) is 0 Å². The Morgan fingerprint density at radius 3 is 2.86 bits per heavy atom. The van der Waals surface area contributed by atoms with E-state index in [2.05, 4.69) is 4.98 Å². The zero-order chi connectivity index (χ0) is 10.6. The van der Waals surface area contributed by atoms with Crippen molar-refractivity contribution in [3.8, 4) is 0 Å². The molecule has 0 radical (unpaired) electrons. The number of aliphatic hydroxyl groups excluding tert-OH is 1. The molecule has 0 aromatic carbocycles. The van der Waals surface area contributed by atoms with Gasteiger partial charge in [-0.25, -0.2) is 4.79 Å². The monoisotopic (exact) mass is 196 g/mol. The molecule has 0 spiro atoms. The molecule has 0 aliphatic heterocycles. The van der Waals surface area contributed by atoms with Crippen molar-refractivity contribution in [2.24, 2.45) is 5.73 Å². The number of hydrogen-bond donors (Lipinski definition) is 3. The Morgan fingerprint density at radius 2 is 2.29 bits per heavy atom. The molecule has 0 saturated carbocycles. The normalized spacial score (nSPS) is 12.4. The first-order valence-corrected chi connectivity index (χ1v) is 4.20. The molecule has 1 atom stereocenters. The van der Waals surface area contributed by atoms with E-state index in [9.17, 15) is 4.79 Å². The fourth-order valence-corrected chi connectivity index (χ4v) is 1.08. The molecule has 0 bridgehead atoms. The van der Waals surface area contributed by atoms with Crippen LogP contribution < -0.4 is 5.73 Å². The third kappa shape index (κ3) is 2.51. The number of aromatic carboxylic acids is 1. The van der Waals surface area contributed by atoms with Crippen molar-refractivity contribution in [2.75, 3.05) is 6.61 Å². The van der Waals surface area contributed by atoms with Gasteiger partial charge in [0, 0.05) is 25.0 Å². The molecule has 1 aromatic rings. The number of carboxylic acids is 1. The topological polar surface area (TPSA) is 96.4 Å². The predicted octanol–water partition coefficient (Wildman–Crippen LogP) is 0.162. The van der Waals surface area contributed by atoms with Gasteiger partial charge < -0.3 is 15.9 Å². The Balaban J connectivity index is 2.87. The van der Waals surface area contributed by atoms with Gasteiger partial charge in [0.05, 0.1) is 5.56 Å². The number of nitrogens with zero attached hydrogens (tertiary/aromatic N) is 1. The highest BCUT2D eigenvalue weighted by Crippen LogP contribution is 2.13. The van der Waals surface area contributed by atoms with Gasteiger partial charge in [-0.2, -0.15) is 0 Å². The van der Waals surface area contributed by atoms with Crippen LogP contribution in [0.25, 0.3) is 0 Å². The maximum atomic E-state index is 10.6. The van der Waals surface area contributed by atoms with Gasteiger partial charge in [-0.3, -0.25) is 4.98 Å². The maximum absolute atomic E-state index is 10.6. The van der Waals surface area contributed by atoms with E-state index in [1.165, 1.54) is 18.5 Å². The third-order valence-electron chi connectivity index (χ3n) is 1.87. The van der Waals surface area contributed by atoms with Gasteiger partial charge in [-0.15, -0.1) is 0 Å². The summed E-state index contributed by atoms with van der Waals surface area (Å²) in [6, 6.07) is 1.10. The van der Waals surface area contributed by atoms with Crippen LogP contribution in [-0.4, -0.2) is 27.8 Å². The van der Waals surface area contributed by atoms with Gasteiger partial charge in [0.25, 0.3) is 0 Å². The maximum Gasteiger partial charge on any atom is 0.337 e. The van der Waals surface area contributed by atoms with Crippen molar-refractivity contribution in [3.63, 3.8) is 0 Å². The molecule has 4 N–H and O–H groups in total. The van der Waals surface area contributed by atoms with Crippen molar-refractivity contribution in [1.29, 1.82) is 0 Å². The molecule has 14 heavy (non-hydrogen) atoms. The van der Waals surface area contributed by atoms with Gasteiger partial charge in [0.1, 0.15) is 0 Å². The van der Waals surface area contributed by atoms with E-state index >= 15 is 0 Å². The smallest absolute Gasteiger partial charge is 0.337 e. The minimum Gasteiger partial charge on any atom is -0.478 e. The molecule has 1 rings (SSSR count). The van der Waals surface area contributed by atoms with E-state index < -0.39 is 5.97 Å². The molecule has 76 valence electrons. The van der Waals surface area contributed by atoms with E-state index in [1.54, 1.807) is 0 Å². The number of rotatable bonds is 4. The predicted molar refractivity (Wildman–Crippen MR) is 49.8 cm³/mol. The fourth-order valence-electron chi connectivity index (χ4n) is 1.08. The molecule has 1 aromatic heterocycles. The Kier molecular flexibility index (Phi) is 3.55. The molecule has 0 aliphatic carbocycles. The summed E-state index contributed by atoms with van der Waals surface area (Å²) in [5, 5.41) is 17.4. The molecule has 0 unspecified atom stereocenters. The van der Waals surface area contributed by atoms with Crippen LogP contribution in [0.3, 0.4) is 0 Å². The zero-order valence-electron chi connectivity index (χ0n) is 7.55. The second-order valence-electron chi connectivity index (χ2n) is 2.93. The van der Waals surface area contributed by atoms with Gasteiger partial charge in [0.2, 0.25) is 0 Å². The number of aliphatic hydroxyl groups is 1. The minimum atomic E-state index is -1.03. The van der Waals surface area contributed by atoms with Crippen molar-refractivity contribution < 1.29 is 15.0 Å². The van der Waals surface area contributed by atoms with Crippen LogP contribution in [0.2, 0.25) is 0 Å². The van der Waals surface area contributed by atoms with E-state index in [4.69, 9.17) is 15.9 Å². The first-order chi connectivity index (χ1) is 6.65. The Morgan fingerprint density at radius 1 is 1.57 bits per heavy atom. The number of hydrogen-bond acceptors (Lipinski definition) is 4. The highest BCUT2D eigenvalue weighted by molar-refractivity contribution is 5.87. The summed E-state index contributed by atoms with van der Waals surface area (Å²) < 4.78 is 0. The lowest BCUT2D eigenvalue weighted by molar-refractivity contribution is 0.0696. The van der Waals surface area contributed by atoms with Crippen LogP contribution in [-0.2, 0) is 0 Å². The van der Waals surface area contributed by atoms with E-state index in [-0.39, 0.29) is 18.2 Å². The molecule has 0 aliphatic rings. The lowest BCUT2D eigenvalue weighted by Gasteiger charge is -2.09. The van der Waals surface area contributed by atoms with Crippen molar-refractivity contribution in [3.05, 3.63) is 29.6 Å². The average Bonchev–Trinajstić information content (AvgIpc) is 2.18. The summed E-state index contributed by atoms with van der Waals surface area (Å²) >= 11 is 0. The molecular weight excluding hydrogens is 184 g/mol. The molecule has 5 heteroatoms. The molecular formula is C9H12N2O3. The van der Waals surface area contributed by atoms with Gasteiger partial charge in [-0.1, -0.05) is 0 Å². The average molecular weight is 196 g/mol. The van der Waals surface area contributed by atoms with Crippen LogP contribution in [0.5, 0.6) is 0 Å². The second kappa shape index (κ2) is 4.69. The van der Waals surface area contributed by atoms with Gasteiger partial charge in [-0.05, 0) is 18.1 Å². The van der Waals surface area contributed by atoms with Crippen LogP contribution >= 0.6 is 0 Å². The van der Waals surface area contributed by atoms with Crippen molar-refractivity contribution in [2.45, 2.75) is 12.5 Å². The standard InChI is InChI=1S/C9H12N2O3/c10-8(1-2-12)6-3-7(9(13)14)5-11-4-6/h3-5,8,12H,1-2,10H2,(H,13,14)/t8-/m0/s1. The fraction of sp³-hybridized carbons (Fsp3) is 0.333. The molecule has 1 heterocycles. The first-order valence-electron chi connectivity index (χ1n) is 4.20. The Labute approximate surface area is 81.2 Å². The molecule has 0 fully saturated rings. The summed E-state index contributed by atoms with van der Waals surface area (Å²) in [7, 11) is 0. The number of carbonyl (C=O) groups is 1. The van der Waals surface area contributed by atoms with Gasteiger partial charge in [0.15, 0.2) is 0 Å². The lowest BCUT2D eigenvalue weighted by atomic mass is 10.1. The third-order valence-corrected chi connectivity index (χ3v) is 1.87. The van der Waals surface area contributed by atoms with Gasteiger partial charge >= 0.3 is 5.97 Å². The number of pyridine rings is 1. The SMILES string of the molecule is N[C@@H](CCO)c1cncc(C(=O)O)c1. The number of carboxylic acid groups (broad SMARTS) is 1. The van der Waals surface area contributed by atoms with E-state index in [1.807, 2.05) is 0 Å². The number of nitrogens with two attached hydrogens (primary N) is 1. The highest BCUT2D eigenvalue weighted by Gasteiger charge is 2.09. The van der Waals surface area contributed by atoms with Crippen LogP contribution in [0.4, 0.5) is 0 Å². The van der Waals surface area contributed by atoms with Crippen molar-refractivity contribution in [1.82, 2.24) is 4.98 Å². The lowest BCUT2D eigenvalue weighted by Crippen LogP contribution is -2.13.